The summed E-state index contributed by atoms with van der Waals surface area (Å²) in [6.45, 7) is 2.64. The van der Waals surface area contributed by atoms with Crippen molar-refractivity contribution in [3.05, 3.63) is 73.0 Å². The second-order valence-electron chi connectivity index (χ2n) is 9.12. The predicted molar refractivity (Wildman–Crippen MR) is 135 cm³/mol. The normalized spacial score (nSPS) is 15.8. The van der Waals surface area contributed by atoms with E-state index in [9.17, 15) is 27.5 Å². The van der Waals surface area contributed by atoms with E-state index in [1.54, 1.807) is 24.5 Å². The highest BCUT2D eigenvalue weighted by Gasteiger charge is 2.36. The molecule has 0 unspecified atom stereocenters. The van der Waals surface area contributed by atoms with Gasteiger partial charge in [-0.3, -0.25) is 24.0 Å². The van der Waals surface area contributed by atoms with Crippen molar-refractivity contribution in [2.45, 2.75) is 31.2 Å². The van der Waals surface area contributed by atoms with Crippen LogP contribution < -0.4 is 0 Å². The molecule has 0 bridgehead atoms. The highest BCUT2D eigenvalue weighted by atomic mass is 19.4. The lowest BCUT2D eigenvalue weighted by Gasteiger charge is -2.38. The molecule has 5 heterocycles. The third-order valence-corrected chi connectivity index (χ3v) is 6.72. The highest BCUT2D eigenvalue weighted by molar-refractivity contribution is 5.99. The van der Waals surface area contributed by atoms with Gasteiger partial charge in [-0.05, 0) is 31.1 Å². The van der Waals surface area contributed by atoms with Crippen LogP contribution in [0.25, 0.3) is 34.6 Å². The van der Waals surface area contributed by atoms with Gasteiger partial charge in [-0.2, -0.15) is 18.3 Å². The maximum atomic E-state index is 13.4. The van der Waals surface area contributed by atoms with E-state index >= 15 is 0 Å². The number of hydrogen-bond donors (Lipinski definition) is 1. The molecular weight excluding hydrogens is 518 g/mol. The molecule has 1 fully saturated rings. The van der Waals surface area contributed by atoms with Crippen LogP contribution in [0.3, 0.4) is 0 Å². The van der Waals surface area contributed by atoms with Gasteiger partial charge in [0.05, 0.1) is 23.0 Å². The number of carbonyl (C=O) groups is 1. The van der Waals surface area contributed by atoms with E-state index in [0.29, 0.717) is 5.56 Å². The van der Waals surface area contributed by atoms with Crippen LogP contribution in [0, 0.1) is 0 Å². The molecule has 1 saturated heterocycles. The van der Waals surface area contributed by atoms with Crippen molar-refractivity contribution < 1.29 is 27.5 Å². The van der Waals surface area contributed by atoms with Crippen LogP contribution in [0.2, 0.25) is 0 Å². The van der Waals surface area contributed by atoms with Gasteiger partial charge in [-0.25, -0.2) is 9.37 Å². The van der Waals surface area contributed by atoms with E-state index in [0.717, 1.165) is 10.9 Å². The number of likely N-dealkylation sites (tertiary alicyclic amines) is 1. The Bertz CT molecular complexity index is 1550. The predicted octanol–water partition coefficient (Wildman–Crippen LogP) is 4.42. The lowest BCUT2D eigenvalue weighted by Crippen LogP contribution is -2.45. The summed E-state index contributed by atoms with van der Waals surface area (Å²) in [5.74, 6) is -0.223. The lowest BCUT2D eigenvalue weighted by atomic mass is 9.85. The molecule has 0 atom stereocenters. The van der Waals surface area contributed by atoms with Gasteiger partial charge in [0.25, 0.3) is 5.91 Å². The van der Waals surface area contributed by atoms with Gasteiger partial charge in [-0.1, -0.05) is 12.6 Å². The number of piperidine rings is 1. The summed E-state index contributed by atoms with van der Waals surface area (Å²) in [5, 5.41) is 15.4. The fourth-order valence-corrected chi connectivity index (χ4v) is 4.75. The number of alkyl halides is 3. The molecule has 9 nitrogen and oxygen atoms in total. The third-order valence-electron chi connectivity index (χ3n) is 6.72. The number of nitrogens with zero attached hydrogens (tertiary/aromatic N) is 7. The number of hydrogen-bond acceptors (Lipinski definition) is 6. The Hall–Kier alpha value is -4.39. The zero-order valence-corrected chi connectivity index (χ0v) is 20.5. The van der Waals surface area contributed by atoms with Crippen LogP contribution in [-0.2, 0) is 12.1 Å². The van der Waals surface area contributed by atoms with Crippen molar-refractivity contribution in [3.63, 3.8) is 0 Å². The van der Waals surface area contributed by atoms with Gasteiger partial charge in [0.15, 0.2) is 0 Å². The standard InChI is InChI=1S/C26H23F4N7O2/c1-2-22-33-15-21(36(22)11-7-27)23-18-14-32-19(12-20(18)37(34-23)16-26(28,29)30)24(38)35-9-5-25(39,6-10-35)17-4-3-8-31-13-17/h2-4,7-8,11-15,39H,1,5-6,9-10,16H2/b11-7+. The largest absolute Gasteiger partial charge is 0.408 e. The van der Waals surface area contributed by atoms with Crippen LogP contribution in [0.15, 0.2) is 55.9 Å². The number of pyridine rings is 2. The molecule has 0 aliphatic carbocycles. The second-order valence-corrected chi connectivity index (χ2v) is 9.12. The zero-order valence-electron chi connectivity index (χ0n) is 20.5. The number of imidazole rings is 1. The van der Waals surface area contributed by atoms with Gasteiger partial charge in [0.2, 0.25) is 0 Å². The average molecular weight is 542 g/mol. The van der Waals surface area contributed by atoms with Crippen LogP contribution in [0.5, 0.6) is 0 Å². The fraction of sp³-hybridized carbons (Fsp3) is 0.269. The summed E-state index contributed by atoms with van der Waals surface area (Å²) in [6, 6.07) is 4.76. The molecule has 1 N–H and O–H groups in total. The number of aliphatic hydroxyl groups is 1. The number of rotatable bonds is 6. The molecule has 13 heteroatoms. The van der Waals surface area contributed by atoms with Crippen molar-refractivity contribution >= 4 is 29.1 Å². The molecule has 39 heavy (non-hydrogen) atoms. The van der Waals surface area contributed by atoms with Crippen molar-refractivity contribution in [1.82, 2.24) is 34.2 Å². The molecule has 0 saturated carbocycles. The van der Waals surface area contributed by atoms with Gasteiger partial charge in [-0.15, -0.1) is 0 Å². The highest BCUT2D eigenvalue weighted by Crippen LogP contribution is 2.34. The van der Waals surface area contributed by atoms with Gasteiger partial charge in [0, 0.05) is 48.8 Å². The van der Waals surface area contributed by atoms with E-state index in [2.05, 4.69) is 26.6 Å². The van der Waals surface area contributed by atoms with Crippen molar-refractivity contribution in [1.29, 1.82) is 0 Å². The number of aromatic nitrogens is 6. The Balaban J connectivity index is 1.49. The van der Waals surface area contributed by atoms with Crippen molar-refractivity contribution in [2.24, 2.45) is 0 Å². The monoisotopic (exact) mass is 541 g/mol. The van der Waals surface area contributed by atoms with Crippen molar-refractivity contribution in [3.8, 4) is 11.4 Å². The summed E-state index contributed by atoms with van der Waals surface area (Å²) in [5.41, 5.74) is -0.212. The van der Waals surface area contributed by atoms with Gasteiger partial charge < -0.3 is 10.0 Å². The molecule has 4 aromatic rings. The minimum atomic E-state index is -4.60. The summed E-state index contributed by atoms with van der Waals surface area (Å²) >= 11 is 0. The van der Waals surface area contributed by atoms with Crippen LogP contribution in [0.4, 0.5) is 17.6 Å². The molecular formula is C26H23F4N7O2. The summed E-state index contributed by atoms with van der Waals surface area (Å²) in [4.78, 5) is 27.2. The van der Waals surface area contributed by atoms with Crippen LogP contribution in [0.1, 0.15) is 34.7 Å². The molecule has 1 amide bonds. The first-order valence-electron chi connectivity index (χ1n) is 12.0. The van der Waals surface area contributed by atoms with E-state index in [4.69, 9.17) is 0 Å². The van der Waals surface area contributed by atoms with Crippen LogP contribution >= 0.6 is 0 Å². The number of fused-ring (bicyclic) bond motifs is 1. The van der Waals surface area contributed by atoms with Crippen LogP contribution in [-0.4, -0.2) is 64.5 Å². The Morgan fingerprint density at radius 1 is 1.18 bits per heavy atom. The van der Waals surface area contributed by atoms with Crippen molar-refractivity contribution in [2.75, 3.05) is 13.1 Å². The smallest absolute Gasteiger partial charge is 0.385 e. The SMILES string of the molecule is C=Cc1ncc(-c2nn(CC(F)(F)F)c3cc(C(=O)N4CCC(O)(c5cccnc5)CC4)ncc23)n1/C=C/F. The Kier molecular flexibility index (Phi) is 6.76. The third kappa shape index (κ3) is 5.04. The molecule has 0 aromatic carbocycles. The molecule has 0 radical (unpaired) electrons. The first-order valence-corrected chi connectivity index (χ1v) is 12.0. The Morgan fingerprint density at radius 3 is 2.59 bits per heavy atom. The van der Waals surface area contributed by atoms with Gasteiger partial charge in [0.1, 0.15) is 30.1 Å². The van der Waals surface area contributed by atoms with Gasteiger partial charge >= 0.3 is 6.18 Å². The second kappa shape index (κ2) is 10.1. The minimum absolute atomic E-state index is 0.0293. The van der Waals surface area contributed by atoms with E-state index in [-0.39, 0.29) is 66.1 Å². The molecule has 202 valence electrons. The van der Waals surface area contributed by atoms with E-state index in [1.807, 2.05) is 0 Å². The maximum absolute atomic E-state index is 13.4. The quantitative estimate of drug-likeness (QED) is 0.363. The summed E-state index contributed by atoms with van der Waals surface area (Å²) < 4.78 is 55.4. The first kappa shape index (κ1) is 26.2. The average Bonchev–Trinajstić information content (AvgIpc) is 3.48. The fourth-order valence-electron chi connectivity index (χ4n) is 4.75. The molecule has 1 aliphatic rings. The van der Waals surface area contributed by atoms with E-state index in [1.165, 1.54) is 34.0 Å². The lowest BCUT2D eigenvalue weighted by molar-refractivity contribution is -0.141. The minimum Gasteiger partial charge on any atom is -0.385 e. The number of carbonyl (C=O) groups excluding carboxylic acids is 1. The number of amides is 1. The zero-order chi connectivity index (χ0) is 27.8. The number of halogens is 4. The summed E-state index contributed by atoms with van der Waals surface area (Å²) in [6.07, 6.45) is 4.40. The van der Waals surface area contributed by atoms with E-state index < -0.39 is 24.2 Å². The Labute approximate surface area is 219 Å². The molecule has 0 spiro atoms. The topological polar surface area (TPSA) is 102 Å². The molecule has 1 aliphatic heterocycles. The Morgan fingerprint density at radius 2 is 1.95 bits per heavy atom. The summed E-state index contributed by atoms with van der Waals surface area (Å²) in [7, 11) is 0. The maximum Gasteiger partial charge on any atom is 0.408 e. The molecule has 4 aromatic heterocycles. The molecule has 5 rings (SSSR count). The first-order chi connectivity index (χ1) is 18.6.